The van der Waals surface area contributed by atoms with E-state index in [1.165, 1.54) is 7.11 Å². The Labute approximate surface area is 170 Å². The van der Waals surface area contributed by atoms with E-state index in [0.29, 0.717) is 42.6 Å². The van der Waals surface area contributed by atoms with Crippen molar-refractivity contribution in [1.29, 1.82) is 0 Å². The molecular formula is C19H26Cl2N2O4. The fourth-order valence-corrected chi connectivity index (χ4v) is 3.25. The van der Waals surface area contributed by atoms with Gasteiger partial charge < -0.3 is 14.4 Å². The number of rotatable bonds is 4. The molecule has 2 rings (SSSR count). The summed E-state index contributed by atoms with van der Waals surface area (Å²) >= 11 is 12.0. The van der Waals surface area contributed by atoms with Crippen molar-refractivity contribution < 1.29 is 19.1 Å². The molecule has 1 aliphatic rings. The summed E-state index contributed by atoms with van der Waals surface area (Å²) in [4.78, 5) is 28.2. The van der Waals surface area contributed by atoms with E-state index in [9.17, 15) is 9.59 Å². The Bertz CT molecular complexity index is 683. The molecule has 1 atom stereocenters. The predicted molar refractivity (Wildman–Crippen MR) is 105 cm³/mol. The fourth-order valence-electron chi connectivity index (χ4n) is 2.93. The molecule has 1 amide bonds. The van der Waals surface area contributed by atoms with Crippen LogP contribution in [0.5, 0.6) is 0 Å². The van der Waals surface area contributed by atoms with Crippen LogP contribution in [0.25, 0.3) is 0 Å². The summed E-state index contributed by atoms with van der Waals surface area (Å²) in [5.74, 6) is -0.313. The highest BCUT2D eigenvalue weighted by Crippen LogP contribution is 2.24. The van der Waals surface area contributed by atoms with Crippen molar-refractivity contribution in [2.45, 2.75) is 38.8 Å². The standard InChI is InChI=1S/C19H26Cl2N2O4/c1-19(2,3)27-18(25)23-9-7-22(8-10-23)16(17(24)26-4)12-13-5-6-14(20)15(21)11-13/h5-6,11,16H,7-10,12H2,1-4H3. The molecule has 27 heavy (non-hydrogen) atoms. The number of carbonyl (C=O) groups is 2. The second kappa shape index (κ2) is 9.13. The van der Waals surface area contributed by atoms with Gasteiger partial charge in [-0.15, -0.1) is 0 Å². The number of piperazine rings is 1. The first kappa shape index (κ1) is 21.8. The van der Waals surface area contributed by atoms with Crippen LogP contribution in [0.15, 0.2) is 18.2 Å². The van der Waals surface area contributed by atoms with Crippen molar-refractivity contribution in [3.05, 3.63) is 33.8 Å². The van der Waals surface area contributed by atoms with Crippen molar-refractivity contribution in [1.82, 2.24) is 9.80 Å². The Balaban J connectivity index is 2.03. The molecule has 1 saturated heterocycles. The normalized spacial score (nSPS) is 16.7. The first-order valence-corrected chi connectivity index (χ1v) is 9.60. The molecule has 6 nitrogen and oxygen atoms in total. The lowest BCUT2D eigenvalue weighted by molar-refractivity contribution is -0.147. The smallest absolute Gasteiger partial charge is 0.410 e. The van der Waals surface area contributed by atoms with Gasteiger partial charge in [-0.3, -0.25) is 9.69 Å². The SMILES string of the molecule is COC(=O)C(Cc1ccc(Cl)c(Cl)c1)N1CCN(C(=O)OC(C)(C)C)CC1. The van der Waals surface area contributed by atoms with Crippen LogP contribution in [0.1, 0.15) is 26.3 Å². The minimum atomic E-state index is -0.531. The van der Waals surface area contributed by atoms with E-state index in [4.69, 9.17) is 32.7 Å². The Hall–Kier alpha value is -1.50. The fraction of sp³-hybridized carbons (Fsp3) is 0.579. The number of hydrogen-bond donors (Lipinski definition) is 0. The van der Waals surface area contributed by atoms with Crippen LogP contribution >= 0.6 is 23.2 Å². The number of halogens is 2. The number of amides is 1. The molecule has 0 aromatic heterocycles. The van der Waals surface area contributed by atoms with E-state index in [-0.39, 0.29) is 12.1 Å². The van der Waals surface area contributed by atoms with Gasteiger partial charge in [0, 0.05) is 26.2 Å². The molecule has 8 heteroatoms. The van der Waals surface area contributed by atoms with Crippen LogP contribution in [-0.2, 0) is 20.7 Å². The molecule has 1 aromatic rings. The first-order chi connectivity index (χ1) is 12.6. The lowest BCUT2D eigenvalue weighted by atomic mass is 10.0. The summed E-state index contributed by atoms with van der Waals surface area (Å²) in [6.07, 6.45) is 0.122. The van der Waals surface area contributed by atoms with E-state index in [1.54, 1.807) is 17.0 Å². The minimum Gasteiger partial charge on any atom is -0.468 e. The molecule has 0 bridgehead atoms. The van der Waals surface area contributed by atoms with Gasteiger partial charge in [-0.25, -0.2) is 4.79 Å². The highest BCUT2D eigenvalue weighted by atomic mass is 35.5. The van der Waals surface area contributed by atoms with E-state index in [1.807, 2.05) is 31.7 Å². The maximum atomic E-state index is 12.3. The molecular weight excluding hydrogens is 391 g/mol. The Morgan fingerprint density at radius 1 is 1.11 bits per heavy atom. The molecule has 150 valence electrons. The van der Waals surface area contributed by atoms with Gasteiger partial charge in [0.05, 0.1) is 17.2 Å². The number of esters is 1. The largest absolute Gasteiger partial charge is 0.468 e. The van der Waals surface area contributed by atoms with Crippen molar-refractivity contribution in [3.8, 4) is 0 Å². The molecule has 0 spiro atoms. The van der Waals surface area contributed by atoms with Crippen LogP contribution < -0.4 is 0 Å². The van der Waals surface area contributed by atoms with Crippen molar-refractivity contribution in [2.75, 3.05) is 33.3 Å². The van der Waals surface area contributed by atoms with Gasteiger partial charge in [0.1, 0.15) is 11.6 Å². The van der Waals surface area contributed by atoms with E-state index in [2.05, 4.69) is 0 Å². The summed E-state index contributed by atoms with van der Waals surface area (Å²) in [7, 11) is 1.38. The van der Waals surface area contributed by atoms with Gasteiger partial charge in [0.15, 0.2) is 0 Å². The summed E-state index contributed by atoms with van der Waals surface area (Å²) in [6.45, 7) is 7.61. The third-order valence-corrected chi connectivity index (χ3v) is 5.03. The summed E-state index contributed by atoms with van der Waals surface area (Å²) < 4.78 is 10.4. The maximum Gasteiger partial charge on any atom is 0.410 e. The van der Waals surface area contributed by atoms with Crippen LogP contribution in [0.4, 0.5) is 4.79 Å². The average molecular weight is 417 g/mol. The van der Waals surface area contributed by atoms with Crippen molar-refractivity contribution >= 4 is 35.3 Å². The number of methoxy groups -OCH3 is 1. The predicted octanol–water partition coefficient (Wildman–Crippen LogP) is 3.63. The molecule has 1 aliphatic heterocycles. The highest BCUT2D eigenvalue weighted by molar-refractivity contribution is 6.42. The molecule has 1 heterocycles. The zero-order valence-electron chi connectivity index (χ0n) is 16.1. The molecule has 0 N–H and O–H groups in total. The minimum absolute atomic E-state index is 0.313. The van der Waals surface area contributed by atoms with Gasteiger partial charge in [-0.05, 0) is 44.9 Å². The second-order valence-electron chi connectivity index (χ2n) is 7.49. The lowest BCUT2D eigenvalue weighted by Crippen LogP contribution is -2.55. The number of ether oxygens (including phenoxy) is 2. The Morgan fingerprint density at radius 2 is 1.74 bits per heavy atom. The molecule has 0 radical (unpaired) electrons. The number of hydrogen-bond acceptors (Lipinski definition) is 5. The third-order valence-electron chi connectivity index (χ3n) is 4.29. The lowest BCUT2D eigenvalue weighted by Gasteiger charge is -2.38. The summed E-state index contributed by atoms with van der Waals surface area (Å²) in [6, 6.07) is 4.87. The number of nitrogens with zero attached hydrogens (tertiary/aromatic N) is 2. The Morgan fingerprint density at radius 3 is 2.26 bits per heavy atom. The maximum absolute atomic E-state index is 12.3. The number of benzene rings is 1. The van der Waals surface area contributed by atoms with E-state index in [0.717, 1.165) is 5.56 Å². The zero-order chi connectivity index (χ0) is 20.2. The topological polar surface area (TPSA) is 59.1 Å². The molecule has 1 fully saturated rings. The van der Waals surface area contributed by atoms with Gasteiger partial charge in [-0.1, -0.05) is 29.3 Å². The van der Waals surface area contributed by atoms with E-state index < -0.39 is 11.6 Å². The summed E-state index contributed by atoms with van der Waals surface area (Å²) in [5, 5.41) is 0.925. The zero-order valence-corrected chi connectivity index (χ0v) is 17.6. The quantitative estimate of drug-likeness (QED) is 0.701. The van der Waals surface area contributed by atoms with Gasteiger partial charge in [0.25, 0.3) is 0 Å². The second-order valence-corrected chi connectivity index (χ2v) is 8.31. The third kappa shape index (κ3) is 6.26. The summed E-state index contributed by atoms with van der Waals surface area (Å²) in [5.41, 5.74) is 0.366. The van der Waals surface area contributed by atoms with Crippen molar-refractivity contribution in [3.63, 3.8) is 0 Å². The first-order valence-electron chi connectivity index (χ1n) is 8.84. The average Bonchev–Trinajstić information content (AvgIpc) is 2.60. The molecule has 1 unspecified atom stereocenters. The van der Waals surface area contributed by atoms with Gasteiger partial charge >= 0.3 is 12.1 Å². The monoisotopic (exact) mass is 416 g/mol. The molecule has 0 aliphatic carbocycles. The van der Waals surface area contributed by atoms with Crippen LogP contribution in [0, 0.1) is 0 Å². The van der Waals surface area contributed by atoms with Crippen LogP contribution in [-0.4, -0.2) is 66.8 Å². The Kier molecular flexibility index (Phi) is 7.37. The van der Waals surface area contributed by atoms with E-state index >= 15 is 0 Å². The van der Waals surface area contributed by atoms with Crippen molar-refractivity contribution in [2.24, 2.45) is 0 Å². The molecule has 0 saturated carbocycles. The van der Waals surface area contributed by atoms with Crippen LogP contribution in [0.3, 0.4) is 0 Å². The highest BCUT2D eigenvalue weighted by Gasteiger charge is 2.32. The van der Waals surface area contributed by atoms with Crippen LogP contribution in [0.2, 0.25) is 10.0 Å². The number of carbonyl (C=O) groups excluding carboxylic acids is 2. The van der Waals surface area contributed by atoms with Gasteiger partial charge in [-0.2, -0.15) is 0 Å². The molecule has 1 aromatic carbocycles. The van der Waals surface area contributed by atoms with Gasteiger partial charge in [0.2, 0.25) is 0 Å².